The molecule has 0 radical (unpaired) electrons. The fraction of sp³-hybridized carbons (Fsp3) is 0.417. The van der Waals surface area contributed by atoms with Crippen LogP contribution in [0.1, 0.15) is 17.3 Å². The van der Waals surface area contributed by atoms with Crippen LogP contribution in [0.15, 0.2) is 18.2 Å². The Morgan fingerprint density at radius 3 is 2.78 bits per heavy atom. The summed E-state index contributed by atoms with van der Waals surface area (Å²) in [6.07, 6.45) is 0.473. The van der Waals surface area contributed by atoms with E-state index in [0.717, 1.165) is 0 Å². The second kappa shape index (κ2) is 4.68. The van der Waals surface area contributed by atoms with Crippen molar-refractivity contribution < 1.29 is 17.6 Å². The van der Waals surface area contributed by atoms with E-state index >= 15 is 0 Å². The quantitative estimate of drug-likeness (QED) is 0.760. The molecule has 1 fully saturated rings. The Morgan fingerprint density at radius 2 is 2.17 bits per heavy atom. The summed E-state index contributed by atoms with van der Waals surface area (Å²) in [4.78, 5) is 12.7. The number of sulfone groups is 1. The van der Waals surface area contributed by atoms with Gasteiger partial charge >= 0.3 is 0 Å². The molecule has 1 saturated heterocycles. The molecule has 4 nitrogen and oxygen atoms in total. The standard InChI is InChI=1S/C12H14FNO3S/c1-9-8-18(16,17)6-5-14(9)12-4-2-3-11(13)10(12)7-15/h2-4,7,9H,5-6,8H2,1H3. The Labute approximate surface area is 105 Å². The largest absolute Gasteiger partial charge is 0.366 e. The van der Waals surface area contributed by atoms with E-state index < -0.39 is 15.7 Å². The first kappa shape index (κ1) is 13.0. The van der Waals surface area contributed by atoms with Gasteiger partial charge in [-0.1, -0.05) is 6.07 Å². The van der Waals surface area contributed by atoms with Gasteiger partial charge in [-0.15, -0.1) is 0 Å². The van der Waals surface area contributed by atoms with E-state index in [9.17, 15) is 17.6 Å². The highest BCUT2D eigenvalue weighted by Gasteiger charge is 2.29. The topological polar surface area (TPSA) is 54.5 Å². The van der Waals surface area contributed by atoms with Crippen LogP contribution in [-0.2, 0) is 9.84 Å². The Bertz CT molecular complexity index is 571. The Hall–Kier alpha value is -1.43. The van der Waals surface area contributed by atoms with Crippen LogP contribution in [0.3, 0.4) is 0 Å². The molecule has 6 heteroatoms. The van der Waals surface area contributed by atoms with Gasteiger partial charge in [0.15, 0.2) is 16.1 Å². The van der Waals surface area contributed by atoms with E-state index in [4.69, 9.17) is 0 Å². The van der Waals surface area contributed by atoms with Crippen LogP contribution in [0.2, 0.25) is 0 Å². The number of carbonyl (C=O) groups is 1. The minimum absolute atomic E-state index is 0.0105. The molecule has 0 amide bonds. The van der Waals surface area contributed by atoms with Gasteiger partial charge in [-0.05, 0) is 19.1 Å². The van der Waals surface area contributed by atoms with E-state index in [1.807, 2.05) is 0 Å². The number of carbonyl (C=O) groups excluding carboxylic acids is 1. The molecule has 1 unspecified atom stereocenters. The van der Waals surface area contributed by atoms with Gasteiger partial charge < -0.3 is 4.90 Å². The molecule has 1 aliphatic rings. The molecule has 18 heavy (non-hydrogen) atoms. The van der Waals surface area contributed by atoms with Crippen molar-refractivity contribution >= 4 is 21.8 Å². The van der Waals surface area contributed by atoms with Crippen molar-refractivity contribution in [2.45, 2.75) is 13.0 Å². The van der Waals surface area contributed by atoms with Crippen molar-refractivity contribution in [1.82, 2.24) is 0 Å². The summed E-state index contributed by atoms with van der Waals surface area (Å²) in [5.74, 6) is -0.517. The van der Waals surface area contributed by atoms with Gasteiger partial charge in [0.25, 0.3) is 0 Å². The zero-order valence-corrected chi connectivity index (χ0v) is 10.8. The molecule has 0 saturated carbocycles. The summed E-state index contributed by atoms with van der Waals surface area (Å²) < 4.78 is 36.5. The summed E-state index contributed by atoms with van der Waals surface area (Å²) >= 11 is 0. The van der Waals surface area contributed by atoms with Crippen molar-refractivity contribution in [3.63, 3.8) is 0 Å². The number of benzene rings is 1. The number of rotatable bonds is 2. The lowest BCUT2D eigenvalue weighted by Gasteiger charge is -2.35. The molecule has 0 aliphatic carbocycles. The van der Waals surface area contributed by atoms with E-state index in [1.54, 1.807) is 17.9 Å². The zero-order chi connectivity index (χ0) is 13.3. The maximum absolute atomic E-state index is 13.5. The van der Waals surface area contributed by atoms with E-state index in [1.165, 1.54) is 12.1 Å². The van der Waals surface area contributed by atoms with E-state index in [-0.39, 0.29) is 29.7 Å². The molecule has 1 aromatic carbocycles. The van der Waals surface area contributed by atoms with Crippen molar-refractivity contribution in [1.29, 1.82) is 0 Å². The first-order valence-electron chi connectivity index (χ1n) is 5.65. The maximum Gasteiger partial charge on any atom is 0.155 e. The average Bonchev–Trinajstić information content (AvgIpc) is 2.27. The highest BCUT2D eigenvalue weighted by atomic mass is 32.2. The van der Waals surface area contributed by atoms with Crippen LogP contribution >= 0.6 is 0 Å². The molecule has 0 bridgehead atoms. The van der Waals surface area contributed by atoms with Crippen molar-refractivity contribution in [3.05, 3.63) is 29.6 Å². The van der Waals surface area contributed by atoms with Crippen LogP contribution < -0.4 is 4.90 Å². The normalized spacial score (nSPS) is 22.8. The third-order valence-corrected chi connectivity index (χ3v) is 4.92. The van der Waals surface area contributed by atoms with Crippen LogP contribution in [0.5, 0.6) is 0 Å². The monoisotopic (exact) mass is 271 g/mol. The van der Waals surface area contributed by atoms with Crippen molar-refractivity contribution in [2.24, 2.45) is 0 Å². The SMILES string of the molecule is CC1CS(=O)(=O)CCN1c1cccc(F)c1C=O. The number of aldehydes is 1. The predicted octanol–water partition coefficient (Wildman–Crippen LogP) is 1.26. The second-order valence-electron chi connectivity index (χ2n) is 4.45. The van der Waals surface area contributed by atoms with Crippen molar-refractivity contribution in [2.75, 3.05) is 23.0 Å². The minimum Gasteiger partial charge on any atom is -0.366 e. The van der Waals surface area contributed by atoms with Gasteiger partial charge in [0.1, 0.15) is 5.82 Å². The summed E-state index contributed by atoms with van der Waals surface area (Å²) in [5, 5.41) is 0. The molecule has 1 heterocycles. The van der Waals surface area contributed by atoms with Crippen LogP contribution in [0.4, 0.5) is 10.1 Å². The van der Waals surface area contributed by atoms with Crippen LogP contribution in [0, 0.1) is 5.82 Å². The Balaban J connectivity index is 2.39. The fourth-order valence-corrected chi connectivity index (χ4v) is 3.81. The van der Waals surface area contributed by atoms with Gasteiger partial charge in [-0.2, -0.15) is 0 Å². The van der Waals surface area contributed by atoms with Crippen LogP contribution in [-0.4, -0.2) is 38.8 Å². The minimum atomic E-state index is -3.03. The molecule has 1 aliphatic heterocycles. The number of nitrogens with zero attached hydrogens (tertiary/aromatic N) is 1. The van der Waals surface area contributed by atoms with E-state index in [0.29, 0.717) is 12.0 Å². The summed E-state index contributed by atoms with van der Waals surface area (Å²) in [6, 6.07) is 4.12. The number of anilines is 1. The van der Waals surface area contributed by atoms with Crippen molar-refractivity contribution in [3.8, 4) is 0 Å². The smallest absolute Gasteiger partial charge is 0.155 e. The molecule has 98 valence electrons. The predicted molar refractivity (Wildman–Crippen MR) is 67.2 cm³/mol. The Morgan fingerprint density at radius 1 is 1.44 bits per heavy atom. The molecule has 1 aromatic rings. The van der Waals surface area contributed by atoms with Gasteiger partial charge in [-0.25, -0.2) is 12.8 Å². The van der Waals surface area contributed by atoms with Crippen LogP contribution in [0.25, 0.3) is 0 Å². The molecule has 0 spiro atoms. The lowest BCUT2D eigenvalue weighted by atomic mass is 10.1. The van der Waals surface area contributed by atoms with E-state index in [2.05, 4.69) is 0 Å². The second-order valence-corrected chi connectivity index (χ2v) is 6.68. The molecular weight excluding hydrogens is 257 g/mol. The molecule has 0 N–H and O–H groups in total. The number of hydrogen-bond donors (Lipinski definition) is 0. The summed E-state index contributed by atoms with van der Waals surface area (Å²) in [7, 11) is -3.03. The zero-order valence-electron chi connectivity index (χ0n) is 9.97. The first-order valence-corrected chi connectivity index (χ1v) is 7.47. The fourth-order valence-electron chi connectivity index (χ4n) is 2.25. The van der Waals surface area contributed by atoms with Gasteiger partial charge in [-0.3, -0.25) is 4.79 Å². The molecule has 1 atom stereocenters. The molecule has 2 rings (SSSR count). The number of halogens is 1. The number of hydrogen-bond acceptors (Lipinski definition) is 4. The molecule has 0 aromatic heterocycles. The highest BCUT2D eigenvalue weighted by molar-refractivity contribution is 7.91. The van der Waals surface area contributed by atoms with Gasteiger partial charge in [0.2, 0.25) is 0 Å². The lowest BCUT2D eigenvalue weighted by Crippen LogP contribution is -2.47. The summed E-state index contributed by atoms with van der Waals surface area (Å²) in [6.45, 7) is 2.05. The lowest BCUT2D eigenvalue weighted by molar-refractivity contribution is 0.112. The Kier molecular flexibility index (Phi) is 3.38. The average molecular weight is 271 g/mol. The third kappa shape index (κ3) is 2.38. The molecular formula is C12H14FNO3S. The highest BCUT2D eigenvalue weighted by Crippen LogP contribution is 2.26. The third-order valence-electron chi connectivity index (χ3n) is 3.13. The first-order chi connectivity index (χ1) is 8.44. The maximum atomic E-state index is 13.5. The van der Waals surface area contributed by atoms with Gasteiger partial charge in [0.05, 0.1) is 22.8 Å². The van der Waals surface area contributed by atoms with Gasteiger partial charge in [0, 0.05) is 12.6 Å². The summed E-state index contributed by atoms with van der Waals surface area (Å²) in [5.41, 5.74) is 0.455.